The van der Waals surface area contributed by atoms with Crippen LogP contribution in [0.25, 0.3) is 0 Å². The quantitative estimate of drug-likeness (QED) is 0.141. The fourth-order valence-electron chi connectivity index (χ4n) is 10.8. The van der Waals surface area contributed by atoms with E-state index in [-0.39, 0.29) is 72.8 Å². The third-order valence-electron chi connectivity index (χ3n) is 15.6. The zero-order chi connectivity index (χ0) is 51.4. The van der Waals surface area contributed by atoms with Crippen molar-refractivity contribution in [2.45, 2.75) is 193 Å². The van der Waals surface area contributed by atoms with Crippen LogP contribution in [0.4, 0.5) is 0 Å². The van der Waals surface area contributed by atoms with Crippen molar-refractivity contribution in [3.63, 3.8) is 0 Å². The third kappa shape index (κ3) is 14.9. The molecule has 4 fully saturated rings. The Morgan fingerprint density at radius 3 is 2.24 bits per heavy atom. The molecule has 3 heterocycles. The number of aliphatic hydroxyl groups is 2. The van der Waals surface area contributed by atoms with Crippen LogP contribution in [-0.2, 0) is 57.2 Å². The molecule has 2 aliphatic carbocycles. The van der Waals surface area contributed by atoms with E-state index in [1.807, 2.05) is 58.1 Å². The predicted octanol–water partition coefficient (Wildman–Crippen LogP) is 7.14. The van der Waals surface area contributed by atoms with Gasteiger partial charge in [-0.05, 0) is 120 Å². The standard InChI is InChI=1S/C55H83NO14/c1-32-16-12-11-13-17-33(2)45(65-8)30-41-23-19-38(7)55(64,70-41)51(60)52(61)56-25-15-14-18-42(56)54(63)69-46(31-43(57)34(3)27-37(6)49(59)50(67-10)48(58)36(5)26-32)35(4)28-39-20-24-44(47(29-39)66-9)68-53(62)40-21-22-40/h11-13,16-17,27,32,34-36,38-42,44-47,49-50,59,64H,14-15,18-26,28-31H2,1-10H3/b13-11+,16-12+,33-17+,37-27+. The number of piperidine rings is 1. The molecule has 2 saturated carbocycles. The number of cyclic esters (lactones) is 1. The van der Waals surface area contributed by atoms with E-state index in [9.17, 15) is 39.0 Å². The number of amides is 1. The summed E-state index contributed by atoms with van der Waals surface area (Å²) in [6.07, 6.45) is 13.0. The van der Waals surface area contributed by atoms with Crippen molar-refractivity contribution in [1.29, 1.82) is 0 Å². The molecule has 15 nitrogen and oxygen atoms in total. The maximum atomic E-state index is 14.5. The zero-order valence-corrected chi connectivity index (χ0v) is 43.5. The molecule has 70 heavy (non-hydrogen) atoms. The minimum absolute atomic E-state index is 0.0119. The van der Waals surface area contributed by atoms with Gasteiger partial charge in [-0.15, -0.1) is 0 Å². The van der Waals surface area contributed by atoms with Crippen LogP contribution in [0.1, 0.15) is 138 Å². The number of allylic oxidation sites excluding steroid dienone is 6. The first-order chi connectivity index (χ1) is 33.2. The van der Waals surface area contributed by atoms with Crippen LogP contribution < -0.4 is 0 Å². The van der Waals surface area contributed by atoms with Gasteiger partial charge in [-0.25, -0.2) is 4.79 Å². The Bertz CT molecular complexity index is 1950. The molecule has 1 amide bonds. The molecule has 0 aromatic carbocycles. The monoisotopic (exact) mass is 982 g/mol. The summed E-state index contributed by atoms with van der Waals surface area (Å²) in [5.41, 5.74) is 1.26. The molecule has 0 aromatic rings. The van der Waals surface area contributed by atoms with E-state index in [0.29, 0.717) is 63.4 Å². The van der Waals surface area contributed by atoms with Crippen molar-refractivity contribution in [2.24, 2.45) is 41.4 Å². The Morgan fingerprint density at radius 1 is 0.843 bits per heavy atom. The number of nitrogens with zero attached hydrogens (tertiary/aromatic N) is 1. The molecule has 15 atom stereocenters. The van der Waals surface area contributed by atoms with Gasteiger partial charge in [0.15, 0.2) is 5.78 Å². The Morgan fingerprint density at radius 2 is 1.57 bits per heavy atom. The number of rotatable bonds is 8. The normalized spacial score (nSPS) is 39.3. The molecule has 5 aliphatic rings. The van der Waals surface area contributed by atoms with E-state index in [0.717, 1.165) is 24.8 Å². The van der Waals surface area contributed by atoms with Gasteiger partial charge in [-0.3, -0.25) is 24.0 Å². The van der Waals surface area contributed by atoms with E-state index in [4.69, 9.17) is 28.4 Å². The van der Waals surface area contributed by atoms with E-state index < -0.39 is 77.8 Å². The van der Waals surface area contributed by atoms with Gasteiger partial charge in [0.25, 0.3) is 11.7 Å². The first-order valence-corrected chi connectivity index (χ1v) is 25.9. The first-order valence-electron chi connectivity index (χ1n) is 25.9. The lowest BCUT2D eigenvalue weighted by Crippen LogP contribution is -2.61. The van der Waals surface area contributed by atoms with E-state index >= 15 is 0 Å². The lowest BCUT2D eigenvalue weighted by molar-refractivity contribution is -0.265. The fraction of sp³-hybridized carbons (Fsp3) is 0.745. The van der Waals surface area contributed by atoms with Gasteiger partial charge in [0.1, 0.15) is 36.2 Å². The van der Waals surface area contributed by atoms with Gasteiger partial charge in [-0.1, -0.05) is 71.1 Å². The summed E-state index contributed by atoms with van der Waals surface area (Å²) < 4.78 is 35.6. The summed E-state index contributed by atoms with van der Waals surface area (Å²) in [4.78, 5) is 84.9. The maximum Gasteiger partial charge on any atom is 0.329 e. The minimum atomic E-state index is -2.44. The number of ether oxygens (including phenoxy) is 6. The Balaban J connectivity index is 1.45. The molecular formula is C55H83NO14. The lowest BCUT2D eigenvalue weighted by atomic mass is 9.78. The Labute approximate surface area is 416 Å². The van der Waals surface area contributed by atoms with Gasteiger partial charge >= 0.3 is 11.9 Å². The largest absolute Gasteiger partial charge is 0.460 e. The van der Waals surface area contributed by atoms with E-state index in [2.05, 4.69) is 0 Å². The second-order valence-electron chi connectivity index (χ2n) is 21.3. The summed E-state index contributed by atoms with van der Waals surface area (Å²) >= 11 is 0. The molecule has 0 aromatic heterocycles. The van der Waals surface area contributed by atoms with Crippen molar-refractivity contribution in [2.75, 3.05) is 27.9 Å². The van der Waals surface area contributed by atoms with Crippen molar-refractivity contribution in [3.8, 4) is 0 Å². The molecule has 392 valence electrons. The Hall–Kier alpha value is -3.86. The molecule has 5 rings (SSSR count). The summed E-state index contributed by atoms with van der Waals surface area (Å²) in [6, 6.07) is -1.16. The predicted molar refractivity (Wildman–Crippen MR) is 262 cm³/mol. The molecule has 2 bridgehead atoms. The first kappa shape index (κ1) is 57.0. The van der Waals surface area contributed by atoms with Crippen LogP contribution in [0.2, 0.25) is 0 Å². The number of fused-ring (bicyclic) bond motifs is 3. The highest BCUT2D eigenvalue weighted by atomic mass is 16.6. The number of hydrogen-bond acceptors (Lipinski definition) is 14. The molecule has 2 saturated heterocycles. The van der Waals surface area contributed by atoms with Gasteiger partial charge in [0, 0.05) is 58.5 Å². The van der Waals surface area contributed by atoms with Crippen molar-refractivity contribution >= 4 is 35.2 Å². The highest BCUT2D eigenvalue weighted by Crippen LogP contribution is 2.39. The van der Waals surface area contributed by atoms with Crippen LogP contribution in [-0.4, -0.2) is 133 Å². The van der Waals surface area contributed by atoms with E-state index in [1.54, 1.807) is 41.1 Å². The highest BCUT2D eigenvalue weighted by molar-refractivity contribution is 6.39. The number of Topliss-reactive ketones (excluding diaryl/α,β-unsaturated/α-hetero) is 3. The van der Waals surface area contributed by atoms with Crippen molar-refractivity contribution < 1.29 is 67.4 Å². The number of ketones is 3. The summed E-state index contributed by atoms with van der Waals surface area (Å²) in [6.45, 7) is 12.7. The second-order valence-corrected chi connectivity index (χ2v) is 21.3. The topological polar surface area (TPSA) is 201 Å². The van der Waals surface area contributed by atoms with Crippen LogP contribution in [0.3, 0.4) is 0 Å². The van der Waals surface area contributed by atoms with Crippen LogP contribution in [0.5, 0.6) is 0 Å². The molecule has 15 heteroatoms. The number of esters is 2. The minimum Gasteiger partial charge on any atom is -0.460 e. The second kappa shape index (κ2) is 26.2. The smallest absolute Gasteiger partial charge is 0.329 e. The van der Waals surface area contributed by atoms with Crippen LogP contribution in [0.15, 0.2) is 47.6 Å². The van der Waals surface area contributed by atoms with Crippen molar-refractivity contribution in [3.05, 3.63) is 47.6 Å². The maximum absolute atomic E-state index is 14.5. The van der Waals surface area contributed by atoms with Crippen molar-refractivity contribution in [1.82, 2.24) is 4.90 Å². The van der Waals surface area contributed by atoms with Gasteiger partial charge in [0.05, 0.1) is 24.2 Å². The molecule has 3 aliphatic heterocycles. The SMILES string of the molecule is COC1CC2CCC(C)C(O)(O2)C(=O)C(=O)N2CCCCC2C(=O)OC(C(C)CC2CCC(OC(=O)C3CC3)C(OC)C2)CC(=O)C(C)/C=C(\C)C(O)C(OC)C(=O)C(C)CC(C)/C=C/C=C/C=C/1C. The molecule has 0 spiro atoms. The fourth-order valence-corrected chi connectivity index (χ4v) is 10.8. The highest BCUT2D eigenvalue weighted by Gasteiger charge is 2.53. The zero-order valence-electron chi connectivity index (χ0n) is 43.5. The number of carbonyl (C=O) groups is 6. The number of hydrogen-bond donors (Lipinski definition) is 2. The van der Waals surface area contributed by atoms with Gasteiger partial charge in [-0.2, -0.15) is 0 Å². The van der Waals surface area contributed by atoms with Crippen LogP contribution >= 0.6 is 0 Å². The molecule has 0 radical (unpaired) electrons. The molecular weight excluding hydrogens is 899 g/mol. The van der Waals surface area contributed by atoms with Gasteiger partial charge < -0.3 is 43.5 Å². The number of aliphatic hydroxyl groups excluding tert-OH is 1. The lowest BCUT2D eigenvalue weighted by Gasteiger charge is -2.42. The summed E-state index contributed by atoms with van der Waals surface area (Å²) in [7, 11) is 4.56. The Kier molecular flexibility index (Phi) is 21.3. The molecule has 2 N–H and O–H groups in total. The number of carbonyl (C=O) groups excluding carboxylic acids is 6. The average molecular weight is 982 g/mol. The third-order valence-corrected chi connectivity index (χ3v) is 15.6. The summed E-state index contributed by atoms with van der Waals surface area (Å²) in [5.74, 6) is -8.33. The summed E-state index contributed by atoms with van der Waals surface area (Å²) in [5, 5.41) is 23.5. The van der Waals surface area contributed by atoms with E-state index in [1.165, 1.54) is 12.0 Å². The average Bonchev–Trinajstić information content (AvgIpc) is 4.20. The van der Waals surface area contributed by atoms with Gasteiger partial charge in [0.2, 0.25) is 5.79 Å². The molecule has 15 unspecified atom stereocenters. The van der Waals surface area contributed by atoms with Crippen LogP contribution in [0, 0.1) is 41.4 Å². The number of methoxy groups -OCH3 is 3.